The van der Waals surface area contributed by atoms with Crippen LogP contribution in [-0.2, 0) is 16.0 Å². The topological polar surface area (TPSA) is 46.2 Å². The molecule has 1 atom stereocenters. The van der Waals surface area contributed by atoms with E-state index in [0.717, 1.165) is 24.2 Å². The number of amides is 1. The average Bonchev–Trinajstić information content (AvgIpc) is 2.74. The number of carbonyl (C=O) groups excluding carboxylic acids is 2. The Balaban J connectivity index is 1.76. The summed E-state index contributed by atoms with van der Waals surface area (Å²) in [5, 5.41) is 2.88. The summed E-state index contributed by atoms with van der Waals surface area (Å²) in [5.74, 6) is 0.789. The molecular weight excluding hydrogens is 234 g/mol. The first kappa shape index (κ1) is 12.2. The molecule has 0 spiro atoms. The number of thioether (sulfide) groups is 1. The van der Waals surface area contributed by atoms with E-state index in [1.807, 2.05) is 30.3 Å². The molecule has 17 heavy (non-hydrogen) atoms. The molecular formula is C13H15NO2S. The summed E-state index contributed by atoms with van der Waals surface area (Å²) in [4.78, 5) is 23.0. The van der Waals surface area contributed by atoms with Crippen LogP contribution in [0, 0.1) is 0 Å². The van der Waals surface area contributed by atoms with Crippen molar-refractivity contribution in [1.29, 1.82) is 0 Å². The molecule has 4 heteroatoms. The molecule has 0 bridgehead atoms. The van der Waals surface area contributed by atoms with Crippen molar-refractivity contribution in [3.05, 3.63) is 35.9 Å². The van der Waals surface area contributed by atoms with Crippen molar-refractivity contribution in [3.8, 4) is 0 Å². The van der Waals surface area contributed by atoms with Crippen LogP contribution in [0.1, 0.15) is 18.4 Å². The Hall–Kier alpha value is -1.29. The van der Waals surface area contributed by atoms with E-state index in [1.165, 1.54) is 11.8 Å². The van der Waals surface area contributed by atoms with Crippen LogP contribution in [0.4, 0.5) is 0 Å². The zero-order chi connectivity index (χ0) is 12.1. The Morgan fingerprint density at radius 2 is 2.12 bits per heavy atom. The third-order valence-electron chi connectivity index (χ3n) is 2.75. The number of hydrogen-bond acceptors (Lipinski definition) is 3. The van der Waals surface area contributed by atoms with Crippen LogP contribution in [0.3, 0.4) is 0 Å². The predicted molar refractivity (Wildman–Crippen MR) is 68.8 cm³/mol. The molecule has 0 radical (unpaired) electrons. The largest absolute Gasteiger partial charge is 0.345 e. The molecule has 3 nitrogen and oxygen atoms in total. The van der Waals surface area contributed by atoms with Crippen molar-refractivity contribution >= 4 is 22.8 Å². The molecule has 0 saturated carbocycles. The van der Waals surface area contributed by atoms with Gasteiger partial charge in [-0.15, -0.1) is 0 Å². The van der Waals surface area contributed by atoms with Crippen LogP contribution in [-0.4, -0.2) is 22.8 Å². The second-order valence-electron chi connectivity index (χ2n) is 4.06. The SMILES string of the molecule is O=C(CCc1ccccc1)N[C@@H]1CCSC1=O. The first-order chi connectivity index (χ1) is 8.25. The molecule has 1 aromatic rings. The first-order valence-corrected chi connectivity index (χ1v) is 6.74. The van der Waals surface area contributed by atoms with Gasteiger partial charge < -0.3 is 5.32 Å². The number of aryl methyl sites for hydroxylation is 1. The number of benzene rings is 1. The summed E-state index contributed by atoms with van der Waals surface area (Å²) in [5.41, 5.74) is 1.15. The molecule has 1 aliphatic heterocycles. The van der Waals surface area contributed by atoms with E-state index in [4.69, 9.17) is 0 Å². The molecule has 90 valence electrons. The number of hydrogen-bond donors (Lipinski definition) is 1. The smallest absolute Gasteiger partial charge is 0.220 e. The number of carbonyl (C=O) groups is 2. The molecule has 0 aromatic heterocycles. The minimum atomic E-state index is -0.261. The van der Waals surface area contributed by atoms with Crippen LogP contribution in [0.5, 0.6) is 0 Å². The Morgan fingerprint density at radius 3 is 2.76 bits per heavy atom. The molecule has 0 unspecified atom stereocenters. The molecule has 1 aromatic carbocycles. The Morgan fingerprint density at radius 1 is 1.35 bits per heavy atom. The lowest BCUT2D eigenvalue weighted by molar-refractivity contribution is -0.124. The summed E-state index contributed by atoms with van der Waals surface area (Å²) in [6.07, 6.45) is 1.93. The zero-order valence-corrected chi connectivity index (χ0v) is 10.3. The van der Waals surface area contributed by atoms with Gasteiger partial charge in [-0.05, 0) is 18.4 Å². The molecule has 1 amide bonds. The van der Waals surface area contributed by atoms with Gasteiger partial charge in [-0.2, -0.15) is 0 Å². The van der Waals surface area contributed by atoms with E-state index in [2.05, 4.69) is 5.32 Å². The van der Waals surface area contributed by atoms with Crippen molar-refractivity contribution in [3.63, 3.8) is 0 Å². The fourth-order valence-electron chi connectivity index (χ4n) is 1.80. The van der Waals surface area contributed by atoms with E-state index < -0.39 is 0 Å². The highest BCUT2D eigenvalue weighted by Crippen LogP contribution is 2.19. The van der Waals surface area contributed by atoms with E-state index >= 15 is 0 Å². The second-order valence-corrected chi connectivity index (χ2v) is 5.16. The van der Waals surface area contributed by atoms with Crippen LogP contribution < -0.4 is 5.32 Å². The maximum atomic E-state index is 11.6. The van der Waals surface area contributed by atoms with Crippen molar-refractivity contribution in [1.82, 2.24) is 5.32 Å². The summed E-state index contributed by atoms with van der Waals surface area (Å²) in [6, 6.07) is 9.63. The van der Waals surface area contributed by atoms with Gasteiger partial charge in [-0.3, -0.25) is 9.59 Å². The van der Waals surface area contributed by atoms with Crippen molar-refractivity contribution in [2.75, 3.05) is 5.75 Å². The third kappa shape index (κ3) is 3.60. The van der Waals surface area contributed by atoms with Crippen LogP contribution in [0.2, 0.25) is 0 Å². The van der Waals surface area contributed by atoms with Crippen molar-refractivity contribution in [2.45, 2.75) is 25.3 Å². The van der Waals surface area contributed by atoms with Crippen LogP contribution >= 0.6 is 11.8 Å². The zero-order valence-electron chi connectivity index (χ0n) is 9.52. The Bertz CT molecular complexity index is 405. The van der Waals surface area contributed by atoms with Gasteiger partial charge in [0.25, 0.3) is 0 Å². The maximum Gasteiger partial charge on any atom is 0.220 e. The van der Waals surface area contributed by atoms with Crippen molar-refractivity contribution < 1.29 is 9.59 Å². The van der Waals surface area contributed by atoms with Gasteiger partial charge >= 0.3 is 0 Å². The fourth-order valence-corrected chi connectivity index (χ4v) is 2.73. The molecule has 1 saturated heterocycles. The molecule has 1 aliphatic rings. The summed E-state index contributed by atoms with van der Waals surface area (Å²) >= 11 is 1.31. The van der Waals surface area contributed by atoms with Gasteiger partial charge in [0.05, 0.1) is 6.04 Å². The Kier molecular flexibility index (Phi) is 4.20. The van der Waals surface area contributed by atoms with Gasteiger partial charge in [0, 0.05) is 12.2 Å². The molecule has 1 heterocycles. The quantitative estimate of drug-likeness (QED) is 0.884. The Labute approximate surface area is 105 Å². The highest BCUT2D eigenvalue weighted by Gasteiger charge is 2.26. The second kappa shape index (κ2) is 5.87. The predicted octanol–water partition coefficient (Wildman–Crippen LogP) is 1.77. The summed E-state index contributed by atoms with van der Waals surface area (Å²) in [6.45, 7) is 0. The lowest BCUT2D eigenvalue weighted by atomic mass is 10.1. The number of rotatable bonds is 4. The lowest BCUT2D eigenvalue weighted by Crippen LogP contribution is -2.37. The van der Waals surface area contributed by atoms with Gasteiger partial charge in [0.1, 0.15) is 0 Å². The average molecular weight is 249 g/mol. The lowest BCUT2D eigenvalue weighted by Gasteiger charge is -2.09. The first-order valence-electron chi connectivity index (χ1n) is 5.75. The highest BCUT2D eigenvalue weighted by molar-refractivity contribution is 8.14. The van der Waals surface area contributed by atoms with Crippen LogP contribution in [0.25, 0.3) is 0 Å². The number of nitrogens with one attached hydrogen (secondary N) is 1. The standard InChI is InChI=1S/C13H15NO2S/c15-12(14-11-8-9-17-13(11)16)7-6-10-4-2-1-3-5-10/h1-5,11H,6-9H2,(H,14,15)/t11-/m1/s1. The minimum Gasteiger partial charge on any atom is -0.345 e. The molecule has 0 aliphatic carbocycles. The molecule has 2 rings (SSSR count). The summed E-state index contributed by atoms with van der Waals surface area (Å²) < 4.78 is 0. The minimum absolute atomic E-state index is 0.0327. The third-order valence-corrected chi connectivity index (χ3v) is 3.76. The molecule has 1 fully saturated rings. The van der Waals surface area contributed by atoms with E-state index in [9.17, 15) is 9.59 Å². The van der Waals surface area contributed by atoms with Gasteiger partial charge in [0.2, 0.25) is 11.0 Å². The normalized spacial score (nSPS) is 19.3. The molecule has 1 N–H and O–H groups in total. The summed E-state index contributed by atoms with van der Waals surface area (Å²) in [7, 11) is 0. The van der Waals surface area contributed by atoms with Crippen molar-refractivity contribution in [2.24, 2.45) is 0 Å². The van der Waals surface area contributed by atoms with E-state index in [0.29, 0.717) is 6.42 Å². The van der Waals surface area contributed by atoms with Gasteiger partial charge in [0.15, 0.2) is 0 Å². The highest BCUT2D eigenvalue weighted by atomic mass is 32.2. The maximum absolute atomic E-state index is 11.6. The van der Waals surface area contributed by atoms with E-state index in [1.54, 1.807) is 0 Å². The van der Waals surface area contributed by atoms with Crippen LogP contribution in [0.15, 0.2) is 30.3 Å². The van der Waals surface area contributed by atoms with E-state index in [-0.39, 0.29) is 17.1 Å². The monoisotopic (exact) mass is 249 g/mol. The van der Waals surface area contributed by atoms with Gasteiger partial charge in [-0.1, -0.05) is 42.1 Å². The van der Waals surface area contributed by atoms with Gasteiger partial charge in [-0.25, -0.2) is 0 Å². The fraction of sp³-hybridized carbons (Fsp3) is 0.385.